The van der Waals surface area contributed by atoms with Crippen LogP contribution in [0.3, 0.4) is 0 Å². The third-order valence-electron chi connectivity index (χ3n) is 3.75. The van der Waals surface area contributed by atoms with Gasteiger partial charge in [-0.3, -0.25) is 9.59 Å². The molecule has 0 aliphatic heterocycles. The van der Waals surface area contributed by atoms with Gasteiger partial charge < -0.3 is 9.64 Å². The van der Waals surface area contributed by atoms with Gasteiger partial charge in [-0.15, -0.1) is 11.3 Å². The third kappa shape index (κ3) is 4.12. The lowest BCUT2D eigenvalue weighted by molar-refractivity contribution is -0.133. The number of fused-ring (bicyclic) bond motifs is 1. The van der Waals surface area contributed by atoms with Gasteiger partial charge >= 0.3 is 5.97 Å². The first-order valence-corrected chi connectivity index (χ1v) is 8.69. The van der Waals surface area contributed by atoms with Crippen LogP contribution in [0.5, 0.6) is 0 Å². The van der Waals surface area contributed by atoms with Gasteiger partial charge in [-0.05, 0) is 24.3 Å². The Morgan fingerprint density at radius 3 is 2.58 bits per heavy atom. The number of aldehydes is 1. The SMILES string of the molecule is CN(Cc1nc2ccccc2s1)C(=O)COC(=O)c1ccc(C=O)cc1. The van der Waals surface area contributed by atoms with Crippen molar-refractivity contribution >= 4 is 39.7 Å². The number of carbonyl (C=O) groups excluding carboxylic acids is 3. The van der Waals surface area contributed by atoms with Gasteiger partial charge in [0.15, 0.2) is 6.61 Å². The van der Waals surface area contributed by atoms with Crippen LogP contribution >= 0.6 is 11.3 Å². The van der Waals surface area contributed by atoms with Gasteiger partial charge in [0, 0.05) is 12.6 Å². The Balaban J connectivity index is 1.54. The summed E-state index contributed by atoms with van der Waals surface area (Å²) in [5.41, 5.74) is 1.66. The molecule has 2 aromatic carbocycles. The monoisotopic (exact) mass is 368 g/mol. The zero-order valence-corrected chi connectivity index (χ0v) is 14.9. The van der Waals surface area contributed by atoms with Crippen LogP contribution in [0.4, 0.5) is 0 Å². The number of amides is 1. The third-order valence-corrected chi connectivity index (χ3v) is 4.77. The lowest BCUT2D eigenvalue weighted by atomic mass is 10.1. The second-order valence-corrected chi connectivity index (χ2v) is 6.76. The van der Waals surface area contributed by atoms with Gasteiger partial charge in [0.25, 0.3) is 5.91 Å². The Labute approximate surface area is 154 Å². The molecule has 0 saturated carbocycles. The van der Waals surface area contributed by atoms with E-state index in [-0.39, 0.29) is 18.1 Å². The molecule has 0 radical (unpaired) electrons. The van der Waals surface area contributed by atoms with Crippen LogP contribution < -0.4 is 0 Å². The number of benzene rings is 2. The second kappa shape index (κ2) is 7.88. The molecule has 1 aromatic heterocycles. The quantitative estimate of drug-likeness (QED) is 0.494. The van der Waals surface area contributed by atoms with Crippen molar-refractivity contribution in [2.24, 2.45) is 0 Å². The van der Waals surface area contributed by atoms with E-state index in [9.17, 15) is 14.4 Å². The van der Waals surface area contributed by atoms with Crippen LogP contribution in [0.1, 0.15) is 25.7 Å². The van der Waals surface area contributed by atoms with E-state index in [1.54, 1.807) is 7.05 Å². The van der Waals surface area contributed by atoms with Crippen molar-refractivity contribution in [3.8, 4) is 0 Å². The van der Waals surface area contributed by atoms with Gasteiger partial charge in [-0.2, -0.15) is 0 Å². The zero-order valence-electron chi connectivity index (χ0n) is 14.0. The maximum atomic E-state index is 12.2. The maximum Gasteiger partial charge on any atom is 0.338 e. The molecule has 0 aliphatic carbocycles. The van der Waals surface area contributed by atoms with Crippen LogP contribution in [0.2, 0.25) is 0 Å². The van der Waals surface area contributed by atoms with Crippen molar-refractivity contribution in [2.75, 3.05) is 13.7 Å². The van der Waals surface area contributed by atoms with E-state index in [0.717, 1.165) is 15.2 Å². The van der Waals surface area contributed by atoms with Crippen LogP contribution in [0, 0.1) is 0 Å². The normalized spacial score (nSPS) is 10.5. The van der Waals surface area contributed by atoms with E-state index in [4.69, 9.17) is 4.74 Å². The zero-order chi connectivity index (χ0) is 18.5. The fourth-order valence-electron chi connectivity index (χ4n) is 2.30. The second-order valence-electron chi connectivity index (χ2n) is 5.64. The highest BCUT2D eigenvalue weighted by atomic mass is 32.1. The van der Waals surface area contributed by atoms with Gasteiger partial charge in [-0.25, -0.2) is 9.78 Å². The van der Waals surface area contributed by atoms with E-state index < -0.39 is 5.97 Å². The van der Waals surface area contributed by atoms with Crippen LogP contribution in [-0.4, -0.2) is 41.7 Å². The number of para-hydroxylation sites is 1. The molecule has 0 fully saturated rings. The number of aromatic nitrogens is 1. The lowest BCUT2D eigenvalue weighted by Gasteiger charge is -2.15. The minimum absolute atomic E-state index is 0.289. The summed E-state index contributed by atoms with van der Waals surface area (Å²) in [5.74, 6) is -0.925. The first-order valence-electron chi connectivity index (χ1n) is 7.87. The van der Waals surface area contributed by atoms with E-state index >= 15 is 0 Å². The van der Waals surface area contributed by atoms with Crippen LogP contribution in [-0.2, 0) is 16.1 Å². The summed E-state index contributed by atoms with van der Waals surface area (Å²) >= 11 is 1.53. The van der Waals surface area contributed by atoms with Crippen LogP contribution in [0.25, 0.3) is 10.2 Å². The summed E-state index contributed by atoms with van der Waals surface area (Å²) < 4.78 is 6.11. The number of hydrogen-bond donors (Lipinski definition) is 0. The molecule has 0 saturated heterocycles. The molecule has 7 heteroatoms. The summed E-state index contributed by atoms with van der Waals surface area (Å²) in [6, 6.07) is 13.8. The predicted octanol–water partition coefficient (Wildman–Crippen LogP) is 2.92. The highest BCUT2D eigenvalue weighted by Crippen LogP contribution is 2.22. The first-order chi connectivity index (χ1) is 12.6. The number of ether oxygens (including phenoxy) is 1. The molecule has 1 heterocycles. The molecule has 0 unspecified atom stereocenters. The van der Waals surface area contributed by atoms with E-state index in [1.165, 1.54) is 40.5 Å². The van der Waals surface area contributed by atoms with Gasteiger partial charge in [0.1, 0.15) is 11.3 Å². The highest BCUT2D eigenvalue weighted by molar-refractivity contribution is 7.18. The summed E-state index contributed by atoms with van der Waals surface area (Å²) in [4.78, 5) is 40.7. The minimum Gasteiger partial charge on any atom is -0.452 e. The molecular formula is C19H16N2O4S. The fraction of sp³-hybridized carbons (Fsp3) is 0.158. The molecule has 3 rings (SSSR count). The first kappa shape index (κ1) is 17.8. The van der Waals surface area contributed by atoms with Gasteiger partial charge in [-0.1, -0.05) is 24.3 Å². The number of nitrogens with zero attached hydrogens (tertiary/aromatic N) is 2. The summed E-state index contributed by atoms with van der Waals surface area (Å²) in [5, 5.41) is 0.817. The molecule has 0 spiro atoms. The average Bonchev–Trinajstić information content (AvgIpc) is 3.08. The van der Waals surface area contributed by atoms with E-state index in [1.807, 2.05) is 24.3 Å². The van der Waals surface area contributed by atoms with Gasteiger partial charge in [0.2, 0.25) is 0 Å². The maximum absolute atomic E-state index is 12.2. The van der Waals surface area contributed by atoms with Crippen molar-refractivity contribution in [2.45, 2.75) is 6.54 Å². The Bertz CT molecular complexity index is 917. The number of likely N-dealkylation sites (N-methyl/N-ethyl adjacent to an activating group) is 1. The number of carbonyl (C=O) groups is 3. The summed E-state index contributed by atoms with van der Waals surface area (Å²) in [6.45, 7) is -0.000573. The topological polar surface area (TPSA) is 76.6 Å². The molecule has 3 aromatic rings. The largest absolute Gasteiger partial charge is 0.452 e. The summed E-state index contributed by atoms with van der Waals surface area (Å²) in [6.07, 6.45) is 0.690. The smallest absolute Gasteiger partial charge is 0.338 e. The Kier molecular flexibility index (Phi) is 5.38. The van der Waals surface area contributed by atoms with E-state index in [2.05, 4.69) is 4.98 Å². The highest BCUT2D eigenvalue weighted by Gasteiger charge is 2.15. The molecule has 26 heavy (non-hydrogen) atoms. The van der Waals surface area contributed by atoms with Crippen molar-refractivity contribution in [1.29, 1.82) is 0 Å². The summed E-state index contributed by atoms with van der Waals surface area (Å²) in [7, 11) is 1.64. The van der Waals surface area contributed by atoms with Crippen molar-refractivity contribution in [1.82, 2.24) is 9.88 Å². The molecule has 6 nitrogen and oxygen atoms in total. The number of thiazole rings is 1. The molecular weight excluding hydrogens is 352 g/mol. The van der Waals surface area contributed by atoms with Crippen LogP contribution in [0.15, 0.2) is 48.5 Å². The lowest BCUT2D eigenvalue weighted by Crippen LogP contribution is -2.30. The Hall–Kier alpha value is -3.06. The minimum atomic E-state index is -0.607. The Morgan fingerprint density at radius 2 is 1.88 bits per heavy atom. The number of hydrogen-bond acceptors (Lipinski definition) is 6. The average molecular weight is 368 g/mol. The van der Waals surface area contributed by atoms with Crippen molar-refractivity contribution < 1.29 is 19.1 Å². The number of esters is 1. The molecule has 1 amide bonds. The fourth-order valence-corrected chi connectivity index (χ4v) is 3.32. The van der Waals surface area contributed by atoms with Gasteiger partial charge in [0.05, 0.1) is 22.3 Å². The predicted molar refractivity (Wildman–Crippen MR) is 98.2 cm³/mol. The number of rotatable bonds is 6. The Morgan fingerprint density at radius 1 is 1.15 bits per heavy atom. The van der Waals surface area contributed by atoms with Crippen molar-refractivity contribution in [3.05, 3.63) is 64.7 Å². The molecule has 0 atom stereocenters. The van der Waals surface area contributed by atoms with E-state index in [0.29, 0.717) is 18.4 Å². The molecule has 0 N–H and O–H groups in total. The van der Waals surface area contributed by atoms with Crippen molar-refractivity contribution in [3.63, 3.8) is 0 Å². The molecule has 132 valence electrons. The molecule has 0 bridgehead atoms. The molecule has 0 aliphatic rings. The standard InChI is InChI=1S/C19H16N2O4S/c1-21(10-17-20-15-4-2-3-5-16(15)26-17)18(23)12-25-19(24)14-8-6-13(11-22)7-9-14/h2-9,11H,10,12H2,1H3.